The van der Waals surface area contributed by atoms with Crippen LogP contribution in [-0.4, -0.2) is 52.2 Å². The summed E-state index contributed by atoms with van der Waals surface area (Å²) in [4.78, 5) is 23.9. The number of aryl methyl sites for hydroxylation is 2. The molecule has 1 N–H and O–H groups in total. The predicted octanol–water partition coefficient (Wildman–Crippen LogP) is 2.67. The number of likely N-dealkylation sites (tertiary alicyclic amines) is 1. The molecule has 4 heterocycles. The standard InChI is InChI=1S/C24H31N5O2/c1-17-12-18(2)27-20(13-17)15-25-19-6-8-28(9-7-19)10-11-29-23-14-21(31-3)16-26-22(23)4-5-24(29)30/h4-5,12-14,16,19,25H,6-11,15H2,1-3H3. The molecule has 0 unspecified atom stereocenters. The molecule has 1 fully saturated rings. The number of fused-ring (bicyclic) bond motifs is 1. The highest BCUT2D eigenvalue weighted by atomic mass is 16.5. The monoisotopic (exact) mass is 421 g/mol. The van der Waals surface area contributed by atoms with Crippen LogP contribution in [0.3, 0.4) is 0 Å². The van der Waals surface area contributed by atoms with Gasteiger partial charge < -0.3 is 19.5 Å². The molecule has 7 nitrogen and oxygen atoms in total. The molecule has 0 atom stereocenters. The van der Waals surface area contributed by atoms with Gasteiger partial charge in [0.05, 0.1) is 30.0 Å². The Bertz CT molecular complexity index is 1080. The number of aromatic nitrogens is 3. The Morgan fingerprint density at radius 3 is 2.68 bits per heavy atom. The van der Waals surface area contributed by atoms with Crippen molar-refractivity contribution in [3.8, 4) is 5.75 Å². The molecule has 0 saturated carbocycles. The van der Waals surface area contributed by atoms with Gasteiger partial charge in [-0.05, 0) is 63.5 Å². The van der Waals surface area contributed by atoms with Crippen LogP contribution in [0.4, 0.5) is 0 Å². The summed E-state index contributed by atoms with van der Waals surface area (Å²) in [5.74, 6) is 0.664. The molecule has 0 amide bonds. The van der Waals surface area contributed by atoms with E-state index in [-0.39, 0.29) is 5.56 Å². The number of nitrogens with one attached hydrogen (secondary N) is 1. The smallest absolute Gasteiger partial charge is 0.251 e. The number of rotatable bonds is 7. The zero-order chi connectivity index (χ0) is 21.8. The van der Waals surface area contributed by atoms with Crippen LogP contribution in [0.15, 0.2) is 41.3 Å². The average molecular weight is 422 g/mol. The van der Waals surface area contributed by atoms with Crippen LogP contribution in [0.5, 0.6) is 5.75 Å². The zero-order valence-corrected chi connectivity index (χ0v) is 18.6. The molecule has 1 aliphatic heterocycles. The van der Waals surface area contributed by atoms with Crippen molar-refractivity contribution in [1.29, 1.82) is 0 Å². The summed E-state index contributed by atoms with van der Waals surface area (Å²) in [6.07, 6.45) is 3.89. The van der Waals surface area contributed by atoms with Gasteiger partial charge in [0.25, 0.3) is 5.56 Å². The van der Waals surface area contributed by atoms with Crippen LogP contribution < -0.4 is 15.6 Å². The number of pyridine rings is 3. The van der Waals surface area contributed by atoms with Gasteiger partial charge in [-0.1, -0.05) is 0 Å². The van der Waals surface area contributed by atoms with Gasteiger partial charge in [0.15, 0.2) is 0 Å². The first-order valence-corrected chi connectivity index (χ1v) is 11.0. The largest absolute Gasteiger partial charge is 0.495 e. The van der Waals surface area contributed by atoms with E-state index in [0.717, 1.165) is 61.4 Å². The highest BCUT2D eigenvalue weighted by molar-refractivity contribution is 5.75. The number of hydrogen-bond acceptors (Lipinski definition) is 6. The van der Waals surface area contributed by atoms with Gasteiger partial charge in [-0.3, -0.25) is 14.8 Å². The average Bonchev–Trinajstić information content (AvgIpc) is 2.77. The highest BCUT2D eigenvalue weighted by Gasteiger charge is 2.19. The predicted molar refractivity (Wildman–Crippen MR) is 123 cm³/mol. The number of hydrogen-bond donors (Lipinski definition) is 1. The Morgan fingerprint density at radius 1 is 1.13 bits per heavy atom. The minimum Gasteiger partial charge on any atom is -0.495 e. The summed E-state index contributed by atoms with van der Waals surface area (Å²) in [5.41, 5.74) is 5.07. The third-order valence-corrected chi connectivity index (χ3v) is 6.00. The summed E-state index contributed by atoms with van der Waals surface area (Å²) in [7, 11) is 1.61. The summed E-state index contributed by atoms with van der Waals surface area (Å²) < 4.78 is 7.10. The minimum atomic E-state index is 0.0000497. The van der Waals surface area contributed by atoms with Crippen LogP contribution in [0, 0.1) is 13.8 Å². The number of nitrogens with zero attached hydrogens (tertiary/aromatic N) is 4. The molecule has 3 aromatic rings. The second kappa shape index (κ2) is 9.58. The van der Waals surface area contributed by atoms with Crippen molar-refractivity contribution < 1.29 is 4.74 Å². The topological polar surface area (TPSA) is 72.3 Å². The molecule has 31 heavy (non-hydrogen) atoms. The van der Waals surface area contributed by atoms with E-state index in [1.807, 2.05) is 13.0 Å². The van der Waals surface area contributed by atoms with Gasteiger partial charge in [-0.25, -0.2) is 0 Å². The second-order valence-corrected chi connectivity index (χ2v) is 8.38. The summed E-state index contributed by atoms with van der Waals surface area (Å²) in [5, 5.41) is 3.67. The van der Waals surface area contributed by atoms with Crippen LogP contribution in [0.2, 0.25) is 0 Å². The minimum absolute atomic E-state index is 0.0000497. The number of ether oxygens (including phenoxy) is 1. The maximum atomic E-state index is 12.5. The first kappa shape index (κ1) is 21.5. The molecular formula is C24H31N5O2. The maximum Gasteiger partial charge on any atom is 0.251 e. The van der Waals surface area contributed by atoms with E-state index >= 15 is 0 Å². The van der Waals surface area contributed by atoms with Crippen molar-refractivity contribution in [2.45, 2.75) is 45.8 Å². The van der Waals surface area contributed by atoms with E-state index in [2.05, 4.69) is 39.2 Å². The van der Waals surface area contributed by atoms with Gasteiger partial charge in [-0.15, -0.1) is 0 Å². The fraction of sp³-hybridized carbons (Fsp3) is 0.458. The molecular weight excluding hydrogens is 390 g/mol. The molecule has 4 rings (SSSR count). The third-order valence-electron chi connectivity index (χ3n) is 6.00. The van der Waals surface area contributed by atoms with Crippen LogP contribution >= 0.6 is 0 Å². The van der Waals surface area contributed by atoms with E-state index in [0.29, 0.717) is 18.3 Å². The summed E-state index contributed by atoms with van der Waals surface area (Å²) >= 11 is 0. The van der Waals surface area contributed by atoms with Gasteiger partial charge in [0, 0.05) is 43.5 Å². The Balaban J connectivity index is 1.31. The Hall–Kier alpha value is -2.77. The molecule has 7 heteroatoms. The van der Waals surface area contributed by atoms with Gasteiger partial charge in [0.2, 0.25) is 0 Å². The van der Waals surface area contributed by atoms with Crippen molar-refractivity contribution in [3.05, 3.63) is 63.8 Å². The maximum absolute atomic E-state index is 12.5. The molecule has 0 aliphatic carbocycles. The summed E-state index contributed by atoms with van der Waals surface area (Å²) in [6, 6.07) is 10.0. The molecule has 3 aromatic heterocycles. The second-order valence-electron chi connectivity index (χ2n) is 8.38. The zero-order valence-electron chi connectivity index (χ0n) is 18.6. The molecule has 0 bridgehead atoms. The SMILES string of the molecule is COc1cnc2ccc(=O)n(CCN3CCC(NCc4cc(C)cc(C)n4)CC3)c2c1. The van der Waals surface area contributed by atoms with Crippen molar-refractivity contribution in [2.24, 2.45) is 0 Å². The molecule has 164 valence electrons. The van der Waals surface area contributed by atoms with E-state index < -0.39 is 0 Å². The lowest BCUT2D eigenvalue weighted by Gasteiger charge is -2.32. The normalized spacial score (nSPS) is 15.5. The van der Waals surface area contributed by atoms with Gasteiger partial charge >= 0.3 is 0 Å². The number of piperidine rings is 1. The molecule has 1 saturated heterocycles. The van der Waals surface area contributed by atoms with Gasteiger partial charge in [0.1, 0.15) is 5.75 Å². The third kappa shape index (κ3) is 5.29. The lowest BCUT2D eigenvalue weighted by atomic mass is 10.0. The highest BCUT2D eigenvalue weighted by Crippen LogP contribution is 2.17. The first-order valence-electron chi connectivity index (χ1n) is 11.0. The van der Waals surface area contributed by atoms with E-state index in [1.165, 1.54) is 5.56 Å². The van der Waals surface area contributed by atoms with E-state index in [4.69, 9.17) is 4.74 Å². The van der Waals surface area contributed by atoms with Crippen LogP contribution in [-0.2, 0) is 13.1 Å². The van der Waals surface area contributed by atoms with Crippen molar-refractivity contribution in [3.63, 3.8) is 0 Å². The van der Waals surface area contributed by atoms with Crippen LogP contribution in [0.25, 0.3) is 11.0 Å². The van der Waals surface area contributed by atoms with Crippen molar-refractivity contribution in [2.75, 3.05) is 26.7 Å². The Labute approximate surface area is 183 Å². The van der Waals surface area contributed by atoms with E-state index in [1.54, 1.807) is 30.0 Å². The van der Waals surface area contributed by atoms with Crippen molar-refractivity contribution in [1.82, 2.24) is 24.8 Å². The molecule has 0 aromatic carbocycles. The summed E-state index contributed by atoms with van der Waals surface area (Å²) in [6.45, 7) is 8.52. The first-order chi connectivity index (χ1) is 15.0. The molecule has 1 aliphatic rings. The Kier molecular flexibility index (Phi) is 6.63. The quantitative estimate of drug-likeness (QED) is 0.632. The fourth-order valence-corrected chi connectivity index (χ4v) is 4.36. The fourth-order valence-electron chi connectivity index (χ4n) is 4.36. The van der Waals surface area contributed by atoms with Gasteiger partial charge in [-0.2, -0.15) is 0 Å². The molecule has 0 radical (unpaired) electrons. The van der Waals surface area contributed by atoms with Crippen molar-refractivity contribution >= 4 is 11.0 Å². The molecule has 0 spiro atoms. The van der Waals surface area contributed by atoms with E-state index in [9.17, 15) is 4.79 Å². The number of methoxy groups -OCH3 is 1. The lowest BCUT2D eigenvalue weighted by Crippen LogP contribution is -2.43. The van der Waals surface area contributed by atoms with Crippen LogP contribution in [0.1, 0.15) is 29.8 Å². The Morgan fingerprint density at radius 2 is 1.94 bits per heavy atom. The lowest BCUT2D eigenvalue weighted by molar-refractivity contribution is 0.191.